The SMILES string of the molecule is Cc1ccc(N)c(-c2nnnn2C2CC3CCC2C3)c1. The molecule has 104 valence electrons. The van der Waals surface area contributed by atoms with Gasteiger partial charge in [-0.3, -0.25) is 0 Å². The summed E-state index contributed by atoms with van der Waals surface area (Å²) in [5.74, 6) is 2.44. The van der Waals surface area contributed by atoms with Crippen molar-refractivity contribution in [3.63, 3.8) is 0 Å². The van der Waals surface area contributed by atoms with Crippen LogP contribution in [-0.4, -0.2) is 20.2 Å². The van der Waals surface area contributed by atoms with Crippen LogP contribution in [0.1, 0.15) is 37.3 Å². The van der Waals surface area contributed by atoms with Gasteiger partial charge in [0, 0.05) is 11.3 Å². The molecule has 2 saturated carbocycles. The number of anilines is 1. The molecule has 0 amide bonds. The first-order chi connectivity index (χ1) is 9.72. The minimum absolute atomic E-state index is 0.457. The summed E-state index contributed by atoms with van der Waals surface area (Å²) >= 11 is 0. The number of aromatic nitrogens is 4. The lowest BCUT2D eigenvalue weighted by molar-refractivity contribution is 0.304. The van der Waals surface area contributed by atoms with Crippen molar-refractivity contribution in [1.29, 1.82) is 0 Å². The predicted octanol–water partition coefficient (Wildman–Crippen LogP) is 2.59. The molecule has 4 rings (SSSR count). The zero-order valence-corrected chi connectivity index (χ0v) is 11.7. The minimum Gasteiger partial charge on any atom is -0.398 e. The molecule has 5 heteroatoms. The Morgan fingerprint density at radius 1 is 1.25 bits per heavy atom. The second-order valence-electron chi connectivity index (χ2n) is 6.28. The maximum absolute atomic E-state index is 6.12. The third-order valence-corrected chi connectivity index (χ3v) is 4.96. The van der Waals surface area contributed by atoms with Crippen molar-refractivity contribution >= 4 is 5.69 Å². The Labute approximate surface area is 118 Å². The molecule has 2 aromatic rings. The van der Waals surface area contributed by atoms with Gasteiger partial charge in [0.25, 0.3) is 0 Å². The first-order valence-corrected chi connectivity index (χ1v) is 7.36. The van der Waals surface area contributed by atoms with E-state index in [4.69, 9.17) is 5.73 Å². The Morgan fingerprint density at radius 3 is 2.90 bits per heavy atom. The van der Waals surface area contributed by atoms with Crippen LogP contribution in [0.3, 0.4) is 0 Å². The Hall–Kier alpha value is -1.91. The summed E-state index contributed by atoms with van der Waals surface area (Å²) in [5, 5.41) is 12.4. The molecule has 0 radical (unpaired) electrons. The van der Waals surface area contributed by atoms with Crippen LogP contribution in [-0.2, 0) is 0 Å². The number of rotatable bonds is 2. The maximum atomic E-state index is 6.12. The van der Waals surface area contributed by atoms with E-state index in [0.29, 0.717) is 6.04 Å². The normalized spacial score (nSPS) is 28.1. The van der Waals surface area contributed by atoms with E-state index >= 15 is 0 Å². The average Bonchev–Trinajstić information content (AvgIpc) is 3.15. The summed E-state index contributed by atoms with van der Waals surface area (Å²) in [6.45, 7) is 2.06. The van der Waals surface area contributed by atoms with Crippen molar-refractivity contribution in [2.45, 2.75) is 38.6 Å². The lowest BCUT2D eigenvalue weighted by atomic mass is 9.95. The van der Waals surface area contributed by atoms with E-state index in [1.807, 2.05) is 16.8 Å². The highest BCUT2D eigenvalue weighted by Gasteiger charge is 2.42. The Kier molecular flexibility index (Phi) is 2.55. The van der Waals surface area contributed by atoms with Gasteiger partial charge in [0.05, 0.1) is 6.04 Å². The summed E-state index contributed by atoms with van der Waals surface area (Å²) in [7, 11) is 0. The number of hydrogen-bond acceptors (Lipinski definition) is 4. The fraction of sp³-hybridized carbons (Fsp3) is 0.533. The molecule has 20 heavy (non-hydrogen) atoms. The molecule has 5 nitrogen and oxygen atoms in total. The zero-order chi connectivity index (χ0) is 13.7. The summed E-state index contributed by atoms with van der Waals surface area (Å²) in [5.41, 5.74) is 8.99. The van der Waals surface area contributed by atoms with E-state index < -0.39 is 0 Å². The van der Waals surface area contributed by atoms with Gasteiger partial charge in [-0.25, -0.2) is 4.68 Å². The van der Waals surface area contributed by atoms with Crippen LogP contribution < -0.4 is 5.73 Å². The van der Waals surface area contributed by atoms with Gasteiger partial charge in [-0.1, -0.05) is 18.1 Å². The van der Waals surface area contributed by atoms with Gasteiger partial charge in [-0.15, -0.1) is 5.10 Å². The highest BCUT2D eigenvalue weighted by Crippen LogP contribution is 2.51. The molecule has 2 bridgehead atoms. The molecule has 1 aromatic heterocycles. The van der Waals surface area contributed by atoms with Crippen LogP contribution in [0.5, 0.6) is 0 Å². The number of nitrogens with two attached hydrogens (primary N) is 1. The Balaban J connectivity index is 1.77. The monoisotopic (exact) mass is 269 g/mol. The third-order valence-electron chi connectivity index (χ3n) is 4.96. The van der Waals surface area contributed by atoms with Gasteiger partial charge in [0.15, 0.2) is 5.82 Å². The van der Waals surface area contributed by atoms with Gasteiger partial charge in [-0.05, 0) is 60.6 Å². The number of tetrazole rings is 1. The van der Waals surface area contributed by atoms with Crippen LogP contribution in [0.4, 0.5) is 5.69 Å². The van der Waals surface area contributed by atoms with E-state index in [0.717, 1.165) is 28.9 Å². The van der Waals surface area contributed by atoms with E-state index in [2.05, 4.69) is 28.5 Å². The number of hydrogen-bond donors (Lipinski definition) is 1. The van der Waals surface area contributed by atoms with E-state index in [1.165, 1.54) is 31.2 Å². The van der Waals surface area contributed by atoms with Crippen LogP contribution in [0.2, 0.25) is 0 Å². The zero-order valence-electron chi connectivity index (χ0n) is 11.7. The van der Waals surface area contributed by atoms with Crippen LogP contribution in [0.25, 0.3) is 11.4 Å². The highest BCUT2D eigenvalue weighted by molar-refractivity contribution is 5.72. The van der Waals surface area contributed by atoms with Gasteiger partial charge < -0.3 is 5.73 Å². The van der Waals surface area contributed by atoms with Crippen LogP contribution >= 0.6 is 0 Å². The lowest BCUT2D eigenvalue weighted by Gasteiger charge is -2.22. The number of nitrogen functional groups attached to an aromatic ring is 1. The number of nitrogens with zero attached hydrogens (tertiary/aromatic N) is 4. The second-order valence-corrected chi connectivity index (χ2v) is 6.28. The molecule has 3 atom stereocenters. The van der Waals surface area contributed by atoms with Gasteiger partial charge in [0.2, 0.25) is 0 Å². The van der Waals surface area contributed by atoms with E-state index in [-0.39, 0.29) is 0 Å². The molecular weight excluding hydrogens is 250 g/mol. The molecule has 1 aromatic carbocycles. The van der Waals surface area contributed by atoms with Gasteiger partial charge in [-0.2, -0.15) is 0 Å². The van der Waals surface area contributed by atoms with Crippen molar-refractivity contribution in [3.8, 4) is 11.4 Å². The van der Waals surface area contributed by atoms with Gasteiger partial charge >= 0.3 is 0 Å². The average molecular weight is 269 g/mol. The Bertz CT molecular complexity index is 647. The van der Waals surface area contributed by atoms with Crippen molar-refractivity contribution < 1.29 is 0 Å². The maximum Gasteiger partial charge on any atom is 0.184 e. The summed E-state index contributed by atoms with van der Waals surface area (Å²) < 4.78 is 2.02. The van der Waals surface area contributed by atoms with Crippen molar-refractivity contribution in [3.05, 3.63) is 23.8 Å². The summed E-state index contributed by atoms with van der Waals surface area (Å²) in [6, 6.07) is 6.48. The molecule has 0 saturated heterocycles. The lowest BCUT2D eigenvalue weighted by Crippen LogP contribution is -2.18. The van der Waals surface area contributed by atoms with E-state index in [1.54, 1.807) is 0 Å². The number of aryl methyl sites for hydroxylation is 1. The fourth-order valence-electron chi connectivity index (χ4n) is 3.97. The standard InChI is InChI=1S/C15H19N5/c1-9-2-5-13(16)12(6-9)15-17-18-19-20(15)14-8-10-3-4-11(14)7-10/h2,5-6,10-11,14H,3-4,7-8,16H2,1H3. The molecule has 2 fully saturated rings. The first-order valence-electron chi connectivity index (χ1n) is 7.36. The molecule has 1 heterocycles. The van der Waals surface area contributed by atoms with E-state index in [9.17, 15) is 0 Å². The minimum atomic E-state index is 0.457. The van der Waals surface area contributed by atoms with Crippen molar-refractivity contribution in [1.82, 2.24) is 20.2 Å². The fourth-order valence-corrected chi connectivity index (χ4v) is 3.97. The van der Waals surface area contributed by atoms with Crippen molar-refractivity contribution in [2.24, 2.45) is 11.8 Å². The second kappa shape index (κ2) is 4.30. The van der Waals surface area contributed by atoms with Crippen LogP contribution in [0.15, 0.2) is 18.2 Å². The summed E-state index contributed by atoms with van der Waals surface area (Å²) in [6.07, 6.45) is 5.25. The molecule has 2 aliphatic carbocycles. The number of fused-ring (bicyclic) bond motifs is 2. The molecule has 2 aliphatic rings. The number of benzene rings is 1. The highest BCUT2D eigenvalue weighted by atomic mass is 15.6. The topological polar surface area (TPSA) is 69.6 Å². The van der Waals surface area contributed by atoms with Crippen LogP contribution in [0, 0.1) is 18.8 Å². The molecule has 2 N–H and O–H groups in total. The summed E-state index contributed by atoms with van der Waals surface area (Å²) in [4.78, 5) is 0. The van der Waals surface area contributed by atoms with Gasteiger partial charge in [0.1, 0.15) is 0 Å². The smallest absolute Gasteiger partial charge is 0.184 e. The first kappa shape index (κ1) is 11.9. The Morgan fingerprint density at radius 2 is 2.15 bits per heavy atom. The molecular formula is C15H19N5. The largest absolute Gasteiger partial charge is 0.398 e. The quantitative estimate of drug-likeness (QED) is 0.851. The molecule has 0 spiro atoms. The molecule has 3 unspecified atom stereocenters. The third kappa shape index (κ3) is 1.72. The van der Waals surface area contributed by atoms with Crippen molar-refractivity contribution in [2.75, 3.05) is 5.73 Å². The predicted molar refractivity (Wildman–Crippen MR) is 76.9 cm³/mol. The molecule has 0 aliphatic heterocycles.